The number of nitrogens with zero attached hydrogens (tertiary/aromatic N) is 1. The Morgan fingerprint density at radius 1 is 1.07 bits per heavy atom. The molecule has 0 aliphatic rings. The van der Waals surface area contributed by atoms with Crippen molar-refractivity contribution in [3.63, 3.8) is 0 Å². The fraction of sp³-hybridized carbons (Fsp3) is 0.833. The minimum Gasteiger partial charge on any atom is -0.346 e. The standard InChI is InChI=1S/C7H15NO.C5H10O/c1-5-8(4)7(9)6(2)3;1-4(2)5(3)6/h6H,5H2,1-4H3;4H,1-3H3. The van der Waals surface area contributed by atoms with Crippen LogP contribution in [0.25, 0.3) is 0 Å². The molecule has 0 saturated heterocycles. The predicted molar refractivity (Wildman–Crippen MR) is 63.7 cm³/mol. The summed E-state index contributed by atoms with van der Waals surface area (Å²) in [5.74, 6) is 0.826. The molecule has 0 aliphatic heterocycles. The van der Waals surface area contributed by atoms with E-state index in [-0.39, 0.29) is 23.5 Å². The van der Waals surface area contributed by atoms with E-state index in [1.54, 1.807) is 11.8 Å². The number of carbonyl (C=O) groups excluding carboxylic acids is 2. The first-order valence-corrected chi connectivity index (χ1v) is 5.49. The Hall–Kier alpha value is -0.860. The zero-order chi connectivity index (χ0) is 12.6. The van der Waals surface area contributed by atoms with Crippen LogP contribution in [0.2, 0.25) is 0 Å². The summed E-state index contributed by atoms with van der Waals surface area (Å²) in [5, 5.41) is 0. The van der Waals surface area contributed by atoms with Gasteiger partial charge < -0.3 is 4.90 Å². The summed E-state index contributed by atoms with van der Waals surface area (Å²) in [4.78, 5) is 22.9. The van der Waals surface area contributed by atoms with Crippen LogP contribution < -0.4 is 0 Å². The van der Waals surface area contributed by atoms with Gasteiger partial charge in [0.15, 0.2) is 0 Å². The molecule has 0 radical (unpaired) electrons. The number of rotatable bonds is 3. The smallest absolute Gasteiger partial charge is 0.224 e. The lowest BCUT2D eigenvalue weighted by molar-refractivity contribution is -0.132. The molecule has 0 aromatic carbocycles. The molecule has 0 unspecified atom stereocenters. The molecular weight excluding hydrogens is 190 g/mol. The molecule has 0 N–H and O–H groups in total. The molecular formula is C12H25NO2. The lowest BCUT2D eigenvalue weighted by Gasteiger charge is -2.16. The predicted octanol–water partition coefficient (Wildman–Crippen LogP) is 2.35. The van der Waals surface area contributed by atoms with Crippen molar-refractivity contribution in [1.29, 1.82) is 0 Å². The molecule has 0 atom stereocenters. The molecule has 0 fully saturated rings. The van der Waals surface area contributed by atoms with Gasteiger partial charge in [-0.3, -0.25) is 9.59 Å². The van der Waals surface area contributed by atoms with Crippen LogP contribution in [0, 0.1) is 11.8 Å². The molecule has 0 heterocycles. The van der Waals surface area contributed by atoms with Crippen LogP contribution in [-0.4, -0.2) is 30.2 Å². The van der Waals surface area contributed by atoms with Crippen molar-refractivity contribution < 1.29 is 9.59 Å². The summed E-state index contributed by atoms with van der Waals surface area (Å²) in [5.41, 5.74) is 0. The van der Waals surface area contributed by atoms with Gasteiger partial charge in [0.05, 0.1) is 0 Å². The zero-order valence-corrected chi connectivity index (χ0v) is 11.1. The highest BCUT2D eigenvalue weighted by Gasteiger charge is 2.09. The van der Waals surface area contributed by atoms with Gasteiger partial charge in [-0.1, -0.05) is 27.7 Å². The van der Waals surface area contributed by atoms with E-state index in [0.29, 0.717) is 0 Å². The molecule has 3 nitrogen and oxygen atoms in total. The Morgan fingerprint density at radius 3 is 1.47 bits per heavy atom. The number of amides is 1. The lowest BCUT2D eigenvalue weighted by atomic mass is 10.1. The lowest BCUT2D eigenvalue weighted by Crippen LogP contribution is -2.29. The van der Waals surface area contributed by atoms with Gasteiger partial charge in [-0.15, -0.1) is 0 Å². The van der Waals surface area contributed by atoms with Crippen molar-refractivity contribution in [1.82, 2.24) is 4.90 Å². The zero-order valence-electron chi connectivity index (χ0n) is 11.1. The number of ketones is 1. The van der Waals surface area contributed by atoms with E-state index in [2.05, 4.69) is 0 Å². The number of carbonyl (C=O) groups is 2. The van der Waals surface area contributed by atoms with Crippen molar-refractivity contribution >= 4 is 11.7 Å². The second kappa shape index (κ2) is 8.45. The third-order valence-corrected chi connectivity index (χ3v) is 2.16. The maximum absolute atomic E-state index is 11.0. The third kappa shape index (κ3) is 9.44. The first-order valence-electron chi connectivity index (χ1n) is 5.49. The van der Waals surface area contributed by atoms with Crippen LogP contribution in [0.1, 0.15) is 41.5 Å². The first kappa shape index (κ1) is 16.6. The highest BCUT2D eigenvalue weighted by Crippen LogP contribution is 1.96. The van der Waals surface area contributed by atoms with E-state index in [1.807, 2.05) is 41.7 Å². The molecule has 0 aromatic rings. The molecule has 3 heteroatoms. The second-order valence-electron chi connectivity index (χ2n) is 4.27. The average molecular weight is 215 g/mol. The monoisotopic (exact) mass is 215 g/mol. The summed E-state index contributed by atoms with van der Waals surface area (Å²) < 4.78 is 0. The van der Waals surface area contributed by atoms with Gasteiger partial charge in [-0.25, -0.2) is 0 Å². The van der Waals surface area contributed by atoms with Crippen LogP contribution in [-0.2, 0) is 9.59 Å². The van der Waals surface area contributed by atoms with Gasteiger partial charge in [0.1, 0.15) is 5.78 Å². The fourth-order valence-electron chi connectivity index (χ4n) is 0.597. The SMILES string of the molecule is CC(=O)C(C)C.CCN(C)C(=O)C(C)C. The minimum absolute atomic E-state index is 0.134. The number of Topliss-reactive ketones (excluding diaryl/α,β-unsaturated/α-hetero) is 1. The van der Waals surface area contributed by atoms with Crippen molar-refractivity contribution in [3.05, 3.63) is 0 Å². The van der Waals surface area contributed by atoms with E-state index in [1.165, 1.54) is 0 Å². The van der Waals surface area contributed by atoms with E-state index in [4.69, 9.17) is 0 Å². The normalized spacial score (nSPS) is 9.67. The van der Waals surface area contributed by atoms with Crippen molar-refractivity contribution in [3.8, 4) is 0 Å². The molecule has 0 aromatic heterocycles. The Morgan fingerprint density at radius 2 is 1.40 bits per heavy atom. The Labute approximate surface area is 93.8 Å². The van der Waals surface area contributed by atoms with Crippen molar-refractivity contribution in [2.45, 2.75) is 41.5 Å². The highest BCUT2D eigenvalue weighted by molar-refractivity contribution is 5.77. The van der Waals surface area contributed by atoms with Crippen LogP contribution in [0.3, 0.4) is 0 Å². The fourth-order valence-corrected chi connectivity index (χ4v) is 0.597. The summed E-state index contributed by atoms with van der Waals surface area (Å²) in [6.45, 7) is 12.0. The first-order chi connectivity index (χ1) is 6.73. The minimum atomic E-state index is 0.134. The Bertz CT molecular complexity index is 198. The number of hydrogen-bond donors (Lipinski definition) is 0. The third-order valence-electron chi connectivity index (χ3n) is 2.16. The summed E-state index contributed by atoms with van der Waals surface area (Å²) in [6.07, 6.45) is 0. The van der Waals surface area contributed by atoms with Crippen LogP contribution in [0.15, 0.2) is 0 Å². The van der Waals surface area contributed by atoms with Crippen molar-refractivity contribution in [2.75, 3.05) is 13.6 Å². The highest BCUT2D eigenvalue weighted by atomic mass is 16.2. The molecule has 0 saturated carbocycles. The topological polar surface area (TPSA) is 37.4 Å². The van der Waals surface area contributed by atoms with Gasteiger partial charge in [0, 0.05) is 25.4 Å². The summed E-state index contributed by atoms with van der Waals surface area (Å²) in [7, 11) is 1.82. The molecule has 1 amide bonds. The summed E-state index contributed by atoms with van der Waals surface area (Å²) in [6, 6.07) is 0. The number of hydrogen-bond acceptors (Lipinski definition) is 2. The molecule has 0 spiro atoms. The van der Waals surface area contributed by atoms with E-state index >= 15 is 0 Å². The van der Waals surface area contributed by atoms with Gasteiger partial charge in [-0.2, -0.15) is 0 Å². The van der Waals surface area contributed by atoms with Gasteiger partial charge in [0.2, 0.25) is 5.91 Å². The van der Waals surface area contributed by atoms with Gasteiger partial charge >= 0.3 is 0 Å². The molecule has 15 heavy (non-hydrogen) atoms. The quantitative estimate of drug-likeness (QED) is 0.724. The van der Waals surface area contributed by atoms with Crippen LogP contribution in [0.4, 0.5) is 0 Å². The van der Waals surface area contributed by atoms with E-state index < -0.39 is 0 Å². The van der Waals surface area contributed by atoms with Gasteiger partial charge in [0.25, 0.3) is 0 Å². The maximum Gasteiger partial charge on any atom is 0.224 e. The maximum atomic E-state index is 11.0. The van der Waals surface area contributed by atoms with E-state index in [0.717, 1.165) is 6.54 Å². The average Bonchev–Trinajstić information content (AvgIpc) is 2.16. The van der Waals surface area contributed by atoms with Crippen LogP contribution >= 0.6 is 0 Å². The molecule has 90 valence electrons. The largest absolute Gasteiger partial charge is 0.346 e. The molecule has 0 aliphatic carbocycles. The molecule has 0 rings (SSSR count). The van der Waals surface area contributed by atoms with Crippen molar-refractivity contribution in [2.24, 2.45) is 11.8 Å². The van der Waals surface area contributed by atoms with Gasteiger partial charge in [-0.05, 0) is 13.8 Å². The second-order valence-corrected chi connectivity index (χ2v) is 4.27. The van der Waals surface area contributed by atoms with Crippen LogP contribution in [0.5, 0.6) is 0 Å². The molecule has 0 bridgehead atoms. The van der Waals surface area contributed by atoms with E-state index in [9.17, 15) is 9.59 Å². The Balaban J connectivity index is 0. The summed E-state index contributed by atoms with van der Waals surface area (Å²) >= 11 is 0. The Kier molecular flexibility index (Phi) is 9.33.